The van der Waals surface area contributed by atoms with E-state index in [1.165, 1.54) is 35.1 Å². The number of primary amides is 1. The predicted molar refractivity (Wildman–Crippen MR) is 139 cm³/mol. The van der Waals surface area contributed by atoms with E-state index in [4.69, 9.17) is 5.73 Å². The predicted octanol–water partition coefficient (Wildman–Crippen LogP) is 0.903. The second kappa shape index (κ2) is 11.2. The average molecular weight is 531 g/mol. The number of carbonyl (C=O) groups is 2. The number of nitrogens with one attached hydrogen (secondary N) is 1. The molecule has 0 fully saturated rings. The second-order valence-electron chi connectivity index (χ2n) is 9.52. The third-order valence-electron chi connectivity index (χ3n) is 6.77. The van der Waals surface area contributed by atoms with Crippen molar-refractivity contribution in [2.24, 2.45) is 5.73 Å². The highest BCUT2D eigenvalue weighted by Crippen LogP contribution is 2.25. The maximum Gasteiger partial charge on any atom is 0.348 e. The minimum Gasteiger partial charge on any atom is -0.626 e. The van der Waals surface area contributed by atoms with E-state index in [0.717, 1.165) is 11.1 Å². The third kappa shape index (κ3) is 5.76. The number of aliphatic hydroxyl groups is 1. The van der Waals surface area contributed by atoms with Crippen LogP contribution in [0.1, 0.15) is 32.7 Å². The summed E-state index contributed by atoms with van der Waals surface area (Å²) in [6.07, 6.45) is 1.24. The molecule has 4 N–H and O–H groups in total. The lowest BCUT2D eigenvalue weighted by atomic mass is 10.00. The smallest absolute Gasteiger partial charge is 0.348 e. The molecule has 10 nitrogen and oxygen atoms in total. The summed E-state index contributed by atoms with van der Waals surface area (Å²) < 4.78 is 15.0. The van der Waals surface area contributed by atoms with Gasteiger partial charge in [-0.25, -0.2) is 18.9 Å². The molecule has 0 spiro atoms. The molecule has 2 aromatic carbocycles. The number of nitrogens with zero attached hydrogens (tertiary/aromatic N) is 4. The molecule has 3 atom stereocenters. The number of hydrogen-bond acceptors (Lipinski definition) is 7. The van der Waals surface area contributed by atoms with Crippen LogP contribution in [0, 0.1) is 11.0 Å². The van der Waals surface area contributed by atoms with Crippen molar-refractivity contribution in [3.63, 3.8) is 0 Å². The molecule has 3 unspecified atom stereocenters. The van der Waals surface area contributed by atoms with Gasteiger partial charge in [-0.15, -0.1) is 0 Å². The van der Waals surface area contributed by atoms with Crippen LogP contribution in [0.2, 0.25) is 0 Å². The van der Waals surface area contributed by atoms with E-state index in [9.17, 15) is 24.3 Å². The zero-order chi connectivity index (χ0) is 27.5. The van der Waals surface area contributed by atoms with Crippen LogP contribution in [0.5, 0.6) is 0 Å². The number of nitrogens with two attached hydrogens (primary N) is 1. The number of fused-ring (bicyclic) bond motifs is 1. The van der Waals surface area contributed by atoms with E-state index < -0.39 is 29.0 Å². The Labute approximate surface area is 223 Å². The van der Waals surface area contributed by atoms with Crippen LogP contribution in [0.15, 0.2) is 79.1 Å². The van der Waals surface area contributed by atoms with Gasteiger partial charge in [-0.2, -0.15) is 5.10 Å². The van der Waals surface area contributed by atoms with Crippen LogP contribution in [0.25, 0.3) is 5.82 Å². The van der Waals surface area contributed by atoms with E-state index in [1.54, 1.807) is 48.7 Å². The van der Waals surface area contributed by atoms with Gasteiger partial charge in [0.2, 0.25) is 0 Å². The van der Waals surface area contributed by atoms with Gasteiger partial charge in [0.1, 0.15) is 17.4 Å². The van der Waals surface area contributed by atoms with E-state index >= 15 is 0 Å². The molecule has 2 aromatic heterocycles. The Morgan fingerprint density at radius 3 is 2.62 bits per heavy atom. The highest BCUT2D eigenvalue weighted by Gasteiger charge is 2.35. The molecular formula is C28H27FN6O4. The van der Waals surface area contributed by atoms with Gasteiger partial charge in [0.05, 0.1) is 5.69 Å². The monoisotopic (exact) mass is 530 g/mol. The minimum absolute atomic E-state index is 0.0177. The topological polar surface area (TPSA) is 142 Å². The molecule has 1 aliphatic heterocycles. The lowest BCUT2D eigenvalue weighted by Gasteiger charge is -2.31. The van der Waals surface area contributed by atoms with Crippen molar-refractivity contribution in [3.8, 4) is 5.82 Å². The number of quaternary nitrogens is 1. The first-order valence-corrected chi connectivity index (χ1v) is 12.4. The summed E-state index contributed by atoms with van der Waals surface area (Å²) in [7, 11) is 0. The van der Waals surface area contributed by atoms with Crippen LogP contribution in [0.3, 0.4) is 0 Å². The van der Waals surface area contributed by atoms with E-state index in [1.807, 2.05) is 0 Å². The highest BCUT2D eigenvalue weighted by atomic mass is 19.1. The zero-order valence-corrected chi connectivity index (χ0v) is 20.9. The average Bonchev–Trinajstić information content (AvgIpc) is 3.57. The van der Waals surface area contributed by atoms with Gasteiger partial charge in [0.15, 0.2) is 11.9 Å². The Balaban J connectivity index is 1.35. The van der Waals surface area contributed by atoms with Crippen molar-refractivity contribution in [1.29, 1.82) is 0 Å². The summed E-state index contributed by atoms with van der Waals surface area (Å²) in [5.74, 6) is -2.13. The van der Waals surface area contributed by atoms with Crippen LogP contribution in [-0.4, -0.2) is 48.7 Å². The maximum atomic E-state index is 13.6. The van der Waals surface area contributed by atoms with Gasteiger partial charge in [-0.1, -0.05) is 36.4 Å². The Morgan fingerprint density at radius 2 is 1.85 bits per heavy atom. The quantitative estimate of drug-likeness (QED) is 0.273. The zero-order valence-electron chi connectivity index (χ0n) is 20.9. The standard InChI is InChI=1S/C28H27FN6O4/c29-21-9-8-19-15-33(16-20(19)14-21)17-22-10-12-34(32-22)27-23(7-4-11-31-27)28(38)35(39)24(25(36)26(30)37)13-18-5-2-1-3-6-18/h1-12,14,24-25,35-36H,13,15-17H2,(H2,30,37). The fraction of sp³-hybridized carbons (Fsp3) is 0.214. The highest BCUT2D eigenvalue weighted by molar-refractivity contribution is 5.91. The van der Waals surface area contributed by atoms with Crippen molar-refractivity contribution in [2.75, 3.05) is 0 Å². The number of halogens is 1. The lowest BCUT2D eigenvalue weighted by Crippen LogP contribution is -3.16. The number of pyridine rings is 1. The van der Waals surface area contributed by atoms with Crippen LogP contribution >= 0.6 is 0 Å². The fourth-order valence-electron chi connectivity index (χ4n) is 4.81. The number of hydroxylamine groups is 2. The van der Waals surface area contributed by atoms with Crippen molar-refractivity contribution in [3.05, 3.63) is 118 Å². The summed E-state index contributed by atoms with van der Waals surface area (Å²) in [6, 6.07) is 16.9. The molecule has 1 aliphatic rings. The van der Waals surface area contributed by atoms with Crippen molar-refractivity contribution in [1.82, 2.24) is 19.7 Å². The van der Waals surface area contributed by atoms with Crippen molar-refractivity contribution >= 4 is 11.8 Å². The first kappa shape index (κ1) is 26.3. The normalized spacial score (nSPS) is 15.5. The van der Waals surface area contributed by atoms with Gasteiger partial charge in [-0.05, 0) is 47.0 Å². The van der Waals surface area contributed by atoms with E-state index in [2.05, 4.69) is 15.0 Å². The van der Waals surface area contributed by atoms with Gasteiger partial charge >= 0.3 is 5.91 Å². The number of rotatable bonds is 9. The van der Waals surface area contributed by atoms with Crippen LogP contribution in [-0.2, 0) is 30.8 Å². The number of hydrogen-bond donors (Lipinski definition) is 3. The Bertz CT molecular complexity index is 1490. The lowest BCUT2D eigenvalue weighted by molar-refractivity contribution is -0.792. The first-order chi connectivity index (χ1) is 18.8. The molecule has 0 radical (unpaired) electrons. The van der Waals surface area contributed by atoms with Gasteiger partial charge in [0.25, 0.3) is 5.91 Å². The molecule has 5 rings (SSSR count). The molecule has 0 aliphatic carbocycles. The van der Waals surface area contributed by atoms with Crippen molar-refractivity contribution < 1.29 is 24.1 Å². The molecular weight excluding hydrogens is 503 g/mol. The Kier molecular flexibility index (Phi) is 7.57. The summed E-state index contributed by atoms with van der Waals surface area (Å²) >= 11 is 0. The number of aliphatic hydroxyl groups excluding tert-OH is 1. The maximum absolute atomic E-state index is 13.6. The third-order valence-corrected chi connectivity index (χ3v) is 6.77. The first-order valence-electron chi connectivity index (χ1n) is 12.4. The van der Waals surface area contributed by atoms with Gasteiger partial charge in [0, 0.05) is 38.4 Å². The Hall–Kier alpha value is -4.29. The second-order valence-corrected chi connectivity index (χ2v) is 9.52. The summed E-state index contributed by atoms with van der Waals surface area (Å²) in [6.45, 7) is 1.74. The molecule has 0 bridgehead atoms. The summed E-state index contributed by atoms with van der Waals surface area (Å²) in [5, 5.41) is 27.4. The number of carbonyl (C=O) groups excluding carboxylic acids is 2. The molecule has 0 saturated heterocycles. The molecule has 11 heteroatoms. The SMILES string of the molecule is NC(=O)C(O)C(Cc1ccccc1)[NH+]([O-])C(=O)c1cccnc1-n1ccc(CN2Cc3ccc(F)cc3C2)n1. The fourth-order valence-corrected chi connectivity index (χ4v) is 4.81. The molecule has 2 amide bonds. The summed E-state index contributed by atoms with van der Waals surface area (Å²) in [4.78, 5) is 31.6. The largest absolute Gasteiger partial charge is 0.626 e. The van der Waals surface area contributed by atoms with E-state index in [0.29, 0.717) is 30.9 Å². The number of amides is 2. The van der Waals surface area contributed by atoms with Crippen molar-refractivity contribution in [2.45, 2.75) is 38.2 Å². The van der Waals surface area contributed by atoms with E-state index in [-0.39, 0.29) is 23.6 Å². The van der Waals surface area contributed by atoms with Crippen LogP contribution in [0.4, 0.5) is 4.39 Å². The number of benzene rings is 2. The molecule has 4 aromatic rings. The molecule has 200 valence electrons. The summed E-state index contributed by atoms with van der Waals surface area (Å²) in [5.41, 5.74) is 8.64. The van der Waals surface area contributed by atoms with Gasteiger partial charge in [-0.3, -0.25) is 14.8 Å². The Morgan fingerprint density at radius 1 is 1.08 bits per heavy atom. The molecule has 3 heterocycles. The van der Waals surface area contributed by atoms with Crippen LogP contribution < -0.4 is 10.8 Å². The molecule has 39 heavy (non-hydrogen) atoms. The minimum atomic E-state index is -1.84. The molecule has 0 saturated carbocycles. The number of aromatic nitrogens is 3. The van der Waals surface area contributed by atoms with Gasteiger partial charge < -0.3 is 16.0 Å².